The van der Waals surface area contributed by atoms with Crippen molar-refractivity contribution in [3.05, 3.63) is 30.7 Å². The van der Waals surface area contributed by atoms with Gasteiger partial charge in [0, 0.05) is 0 Å². The largest absolute Gasteiger partial charge is 0.290 e. The van der Waals surface area contributed by atoms with Crippen molar-refractivity contribution in [1.82, 2.24) is 0 Å². The molecular weight excluding hydrogens is 148 g/mol. The lowest BCUT2D eigenvalue weighted by atomic mass is 9.80. The number of terminal acetylenes is 1. The van der Waals surface area contributed by atoms with Gasteiger partial charge >= 0.3 is 0 Å². The van der Waals surface area contributed by atoms with Crippen LogP contribution in [0.15, 0.2) is 23.8 Å². The van der Waals surface area contributed by atoms with Crippen LogP contribution >= 0.6 is 0 Å². The van der Waals surface area contributed by atoms with Crippen molar-refractivity contribution in [2.24, 2.45) is 5.41 Å². The van der Waals surface area contributed by atoms with E-state index in [9.17, 15) is 4.79 Å². The summed E-state index contributed by atoms with van der Waals surface area (Å²) in [5.41, 5.74) is 0.124. The van der Waals surface area contributed by atoms with Crippen LogP contribution in [0.3, 0.4) is 0 Å². The lowest BCUT2D eigenvalue weighted by molar-refractivity contribution is -0.111. The van der Waals surface area contributed by atoms with Gasteiger partial charge in [-0.25, -0.2) is 0 Å². The Kier molecular flexibility index (Phi) is 2.19. The van der Waals surface area contributed by atoms with Crippen LogP contribution in [0, 0.1) is 24.7 Å². The van der Waals surface area contributed by atoms with Gasteiger partial charge in [-0.2, -0.15) is 0 Å². The summed E-state index contributed by atoms with van der Waals surface area (Å²) < 4.78 is 0. The summed E-state index contributed by atoms with van der Waals surface area (Å²) in [6.07, 6.45) is 10.6. The summed E-state index contributed by atoms with van der Waals surface area (Å²) in [5.74, 6) is 2.59. The Labute approximate surface area is 73.2 Å². The molecule has 1 unspecified atom stereocenters. The van der Waals surface area contributed by atoms with Crippen molar-refractivity contribution in [3.63, 3.8) is 0 Å². The molecule has 0 aromatic carbocycles. The lowest BCUT2D eigenvalue weighted by Gasteiger charge is -2.22. The van der Waals surface area contributed by atoms with Gasteiger partial charge in [0.25, 0.3) is 0 Å². The highest BCUT2D eigenvalue weighted by Gasteiger charge is 2.24. The molecule has 12 heavy (non-hydrogen) atoms. The van der Waals surface area contributed by atoms with Gasteiger partial charge in [0.2, 0.25) is 0 Å². The zero-order valence-corrected chi connectivity index (χ0v) is 7.00. The molecule has 60 valence electrons. The first-order chi connectivity index (χ1) is 5.63. The zero-order valence-electron chi connectivity index (χ0n) is 7.00. The first kappa shape index (κ1) is 8.80. The Morgan fingerprint density at radius 1 is 1.67 bits per heavy atom. The second kappa shape index (κ2) is 2.98. The van der Waals surface area contributed by atoms with E-state index in [2.05, 4.69) is 5.92 Å². The standard InChI is InChI=1S/C11H10O/c1-4-11(5-2)7-6-10(12)9(3)8-11/h1-2,6-8H,4H2,3H3. The normalized spacial score (nSPS) is 28.1. The smallest absolute Gasteiger partial charge is 0.181 e. The van der Waals surface area contributed by atoms with Crippen LogP contribution in [-0.4, -0.2) is 5.78 Å². The number of hydrogen-bond acceptors (Lipinski definition) is 1. The fourth-order valence-corrected chi connectivity index (χ4v) is 1.14. The van der Waals surface area contributed by atoms with Crippen molar-refractivity contribution in [2.75, 3.05) is 0 Å². The van der Waals surface area contributed by atoms with Gasteiger partial charge < -0.3 is 0 Å². The fourth-order valence-electron chi connectivity index (χ4n) is 1.14. The van der Waals surface area contributed by atoms with E-state index >= 15 is 0 Å². The topological polar surface area (TPSA) is 17.1 Å². The van der Waals surface area contributed by atoms with Crippen LogP contribution in [0.1, 0.15) is 13.3 Å². The predicted molar refractivity (Wildman–Crippen MR) is 48.1 cm³/mol. The highest BCUT2D eigenvalue weighted by molar-refractivity contribution is 6.04. The van der Waals surface area contributed by atoms with E-state index in [-0.39, 0.29) is 5.78 Å². The number of allylic oxidation sites excluding steroid dienone is 4. The molecular formula is C11H10O. The van der Waals surface area contributed by atoms with Crippen LogP contribution < -0.4 is 0 Å². The van der Waals surface area contributed by atoms with Crippen LogP contribution in [0.25, 0.3) is 0 Å². The molecule has 0 spiro atoms. The van der Waals surface area contributed by atoms with E-state index in [1.165, 1.54) is 6.08 Å². The molecule has 0 aliphatic heterocycles. The van der Waals surface area contributed by atoms with Crippen LogP contribution in [0.5, 0.6) is 0 Å². The van der Waals surface area contributed by atoms with E-state index in [0.717, 1.165) is 0 Å². The minimum atomic E-state index is -0.544. The number of carbonyl (C=O) groups is 1. The molecule has 0 amide bonds. The second-order valence-corrected chi connectivity index (χ2v) is 2.91. The van der Waals surface area contributed by atoms with Crippen LogP contribution in [0.4, 0.5) is 0 Å². The quantitative estimate of drug-likeness (QED) is 0.532. The van der Waals surface area contributed by atoms with E-state index in [1.54, 1.807) is 19.1 Å². The molecule has 1 nitrogen and oxygen atoms in total. The summed E-state index contributed by atoms with van der Waals surface area (Å²) in [5, 5.41) is 0. The van der Waals surface area contributed by atoms with Gasteiger partial charge in [-0.15, -0.1) is 6.42 Å². The molecule has 0 heterocycles. The summed E-state index contributed by atoms with van der Waals surface area (Å²) in [7, 11) is 0. The molecule has 0 aromatic rings. The van der Waals surface area contributed by atoms with Crippen molar-refractivity contribution in [3.8, 4) is 12.3 Å². The first-order valence-corrected chi connectivity index (χ1v) is 3.74. The molecule has 1 heteroatoms. The minimum Gasteiger partial charge on any atom is -0.290 e. The molecule has 1 aliphatic carbocycles. The summed E-state index contributed by atoms with van der Waals surface area (Å²) >= 11 is 0. The molecule has 0 N–H and O–H groups in total. The number of hydrogen-bond donors (Lipinski definition) is 0. The maximum atomic E-state index is 11.0. The first-order valence-electron chi connectivity index (χ1n) is 3.74. The average molecular weight is 158 g/mol. The highest BCUT2D eigenvalue weighted by Crippen LogP contribution is 2.29. The third-order valence-electron chi connectivity index (χ3n) is 2.00. The van der Waals surface area contributed by atoms with E-state index in [1.807, 2.05) is 0 Å². The SMILES string of the molecule is [CH]CC1(C#C)C=CC(=O)C(C)=C1. The number of carbonyl (C=O) groups excluding carboxylic acids is 1. The molecule has 0 aromatic heterocycles. The lowest BCUT2D eigenvalue weighted by Crippen LogP contribution is -2.17. The summed E-state index contributed by atoms with van der Waals surface area (Å²) in [4.78, 5) is 11.0. The Hall–Kier alpha value is -1.29. The Morgan fingerprint density at radius 2 is 2.33 bits per heavy atom. The van der Waals surface area contributed by atoms with Crippen molar-refractivity contribution in [2.45, 2.75) is 13.3 Å². The van der Waals surface area contributed by atoms with Gasteiger partial charge in [-0.3, -0.25) is 4.79 Å². The van der Waals surface area contributed by atoms with E-state index in [4.69, 9.17) is 13.3 Å². The Balaban J connectivity index is 3.07. The zero-order chi connectivity index (χ0) is 9.19. The van der Waals surface area contributed by atoms with Crippen molar-refractivity contribution >= 4 is 5.78 Å². The maximum absolute atomic E-state index is 11.0. The van der Waals surface area contributed by atoms with E-state index < -0.39 is 5.41 Å². The number of rotatable bonds is 1. The molecule has 1 aliphatic rings. The Morgan fingerprint density at radius 3 is 2.75 bits per heavy atom. The van der Waals surface area contributed by atoms with E-state index in [0.29, 0.717) is 12.0 Å². The third-order valence-corrected chi connectivity index (χ3v) is 2.00. The maximum Gasteiger partial charge on any atom is 0.181 e. The van der Waals surface area contributed by atoms with Gasteiger partial charge in [0.15, 0.2) is 5.78 Å². The highest BCUT2D eigenvalue weighted by atomic mass is 16.1. The summed E-state index contributed by atoms with van der Waals surface area (Å²) in [6.45, 7) is 7.25. The van der Waals surface area contributed by atoms with Crippen LogP contribution in [0.2, 0.25) is 0 Å². The van der Waals surface area contributed by atoms with Gasteiger partial charge in [-0.1, -0.05) is 18.1 Å². The van der Waals surface area contributed by atoms with Gasteiger partial charge in [-0.05, 0) is 31.9 Å². The second-order valence-electron chi connectivity index (χ2n) is 2.91. The Bertz CT molecular complexity index is 301. The minimum absolute atomic E-state index is 0.00863. The predicted octanol–water partition coefficient (Wildman–Crippen LogP) is 1.79. The van der Waals surface area contributed by atoms with Gasteiger partial charge in [0.1, 0.15) is 0 Å². The fraction of sp³-hybridized carbons (Fsp3) is 0.273. The van der Waals surface area contributed by atoms with Gasteiger partial charge in [0.05, 0.1) is 5.41 Å². The molecule has 0 bridgehead atoms. The molecule has 2 radical (unpaired) electrons. The van der Waals surface area contributed by atoms with Crippen molar-refractivity contribution < 1.29 is 4.79 Å². The molecule has 1 rings (SSSR count). The van der Waals surface area contributed by atoms with Crippen molar-refractivity contribution in [1.29, 1.82) is 0 Å². The third kappa shape index (κ3) is 1.33. The molecule has 1 atom stereocenters. The molecule has 0 saturated heterocycles. The molecule has 0 fully saturated rings. The summed E-state index contributed by atoms with van der Waals surface area (Å²) in [6, 6.07) is 0. The average Bonchev–Trinajstić information content (AvgIpc) is 2.10. The monoisotopic (exact) mass is 158 g/mol. The number of ketones is 1. The molecule has 0 saturated carbocycles. The van der Waals surface area contributed by atoms with Crippen LogP contribution in [-0.2, 0) is 4.79 Å².